The second-order valence-electron chi connectivity index (χ2n) is 6.54. The molecular weight excluding hydrogens is 386 g/mol. The van der Waals surface area contributed by atoms with E-state index in [-0.39, 0.29) is 23.9 Å². The number of benzene rings is 2. The lowest BCUT2D eigenvalue weighted by Gasteiger charge is -2.16. The predicted octanol–water partition coefficient (Wildman–Crippen LogP) is 4.92. The second kappa shape index (κ2) is 8.20. The Hall–Kier alpha value is -3.58. The zero-order valence-electron chi connectivity index (χ0n) is 15.3. The zero-order chi connectivity index (χ0) is 20.2. The van der Waals surface area contributed by atoms with Gasteiger partial charge in [0.2, 0.25) is 0 Å². The number of nitrogens with zero attached hydrogens (tertiary/aromatic N) is 3. The minimum atomic E-state index is -0.496. The highest BCUT2D eigenvalue weighted by Crippen LogP contribution is 2.30. The molecule has 0 aliphatic heterocycles. The maximum atomic E-state index is 12.5. The van der Waals surface area contributed by atoms with Crippen LogP contribution in [0.1, 0.15) is 32.4 Å². The van der Waals surface area contributed by atoms with E-state index in [1.54, 1.807) is 10.9 Å². The topological polar surface area (TPSA) is 78.0 Å². The van der Waals surface area contributed by atoms with E-state index in [1.807, 2.05) is 42.5 Å². The van der Waals surface area contributed by atoms with Gasteiger partial charge in [-0.15, -0.1) is 11.3 Å². The summed E-state index contributed by atoms with van der Waals surface area (Å²) in [5.74, 6) is -0.245. The average Bonchev–Trinajstić information content (AvgIpc) is 3.40. The molecule has 2 aromatic heterocycles. The third-order valence-electron chi connectivity index (χ3n) is 4.60. The third kappa shape index (κ3) is 4.14. The van der Waals surface area contributed by atoms with Gasteiger partial charge in [-0.2, -0.15) is 5.10 Å². The first kappa shape index (κ1) is 18.8. The highest BCUT2D eigenvalue weighted by Gasteiger charge is 2.20. The van der Waals surface area contributed by atoms with Gasteiger partial charge in [-0.1, -0.05) is 60.7 Å². The minimum Gasteiger partial charge on any atom is -0.291 e. The summed E-state index contributed by atoms with van der Waals surface area (Å²) in [6.07, 6.45) is 1.77. The summed E-state index contributed by atoms with van der Waals surface area (Å²) in [4.78, 5) is 23.2. The molecule has 0 amide bonds. The lowest BCUT2D eigenvalue weighted by molar-refractivity contribution is -0.384. The van der Waals surface area contributed by atoms with Gasteiger partial charge in [0.25, 0.3) is 5.69 Å². The summed E-state index contributed by atoms with van der Waals surface area (Å²) in [5.41, 5.74) is 3.01. The molecule has 0 bridgehead atoms. The molecular formula is C22H17N3O3S. The molecule has 0 radical (unpaired) electrons. The Labute approximate surface area is 171 Å². The molecule has 6 nitrogen and oxygen atoms in total. The summed E-state index contributed by atoms with van der Waals surface area (Å²) in [6.45, 7) is 0.0357. The minimum absolute atomic E-state index is 0.0357. The van der Waals surface area contributed by atoms with Crippen molar-refractivity contribution in [3.05, 3.63) is 116 Å². The van der Waals surface area contributed by atoms with Gasteiger partial charge in [0.1, 0.15) is 6.54 Å². The van der Waals surface area contributed by atoms with Crippen LogP contribution in [0.5, 0.6) is 0 Å². The van der Waals surface area contributed by atoms with E-state index in [2.05, 4.69) is 29.4 Å². The SMILES string of the molecule is O=C(Cn1ccc(C(c2ccccc2)c2ccccc2)n1)c1cc([N+](=O)[O-])cs1. The van der Waals surface area contributed by atoms with Crippen LogP contribution in [0.3, 0.4) is 0 Å². The molecule has 0 saturated carbocycles. The molecule has 29 heavy (non-hydrogen) atoms. The smallest absolute Gasteiger partial charge is 0.280 e. The summed E-state index contributed by atoms with van der Waals surface area (Å²) in [5, 5.41) is 16.8. The number of aromatic nitrogens is 2. The molecule has 0 saturated heterocycles. The normalized spacial score (nSPS) is 10.9. The third-order valence-corrected chi connectivity index (χ3v) is 5.56. The molecule has 0 atom stereocenters. The molecule has 0 aliphatic rings. The molecule has 7 heteroatoms. The van der Waals surface area contributed by atoms with Crippen LogP contribution in [0, 0.1) is 10.1 Å². The molecule has 2 heterocycles. The van der Waals surface area contributed by atoms with E-state index in [0.717, 1.165) is 28.2 Å². The quantitative estimate of drug-likeness (QED) is 0.249. The first-order chi connectivity index (χ1) is 14.1. The molecule has 4 rings (SSSR count). The predicted molar refractivity (Wildman–Crippen MR) is 111 cm³/mol. The van der Waals surface area contributed by atoms with E-state index < -0.39 is 4.92 Å². The Morgan fingerprint density at radius 2 is 1.66 bits per heavy atom. The standard InChI is InChI=1S/C22H17N3O3S/c26-20(21-13-18(15-29-21)25(27)28)14-24-12-11-19(23-24)22(16-7-3-1-4-8-16)17-9-5-2-6-10-17/h1-13,15,22H,14H2. The Kier molecular flexibility index (Phi) is 5.31. The van der Waals surface area contributed by atoms with Crippen molar-refractivity contribution in [2.45, 2.75) is 12.5 Å². The van der Waals surface area contributed by atoms with Gasteiger partial charge in [-0.25, -0.2) is 0 Å². The van der Waals surface area contributed by atoms with Crippen LogP contribution in [-0.2, 0) is 6.54 Å². The summed E-state index contributed by atoms with van der Waals surface area (Å²) >= 11 is 1.08. The number of hydrogen-bond acceptors (Lipinski definition) is 5. The lowest BCUT2D eigenvalue weighted by atomic mass is 9.89. The maximum Gasteiger partial charge on any atom is 0.280 e. The monoisotopic (exact) mass is 403 g/mol. The van der Waals surface area contributed by atoms with Crippen LogP contribution in [0.4, 0.5) is 5.69 Å². The number of ketones is 1. The molecule has 0 aliphatic carbocycles. The largest absolute Gasteiger partial charge is 0.291 e. The van der Waals surface area contributed by atoms with Crippen LogP contribution < -0.4 is 0 Å². The lowest BCUT2D eigenvalue weighted by Crippen LogP contribution is -2.11. The first-order valence-corrected chi connectivity index (χ1v) is 9.89. The van der Waals surface area contributed by atoms with Gasteiger partial charge in [0.15, 0.2) is 5.78 Å². The van der Waals surface area contributed by atoms with Gasteiger partial charge < -0.3 is 0 Å². The van der Waals surface area contributed by atoms with Crippen LogP contribution in [0.15, 0.2) is 84.4 Å². The van der Waals surface area contributed by atoms with Crippen molar-refractivity contribution >= 4 is 22.8 Å². The van der Waals surface area contributed by atoms with Crippen molar-refractivity contribution in [2.24, 2.45) is 0 Å². The number of thiophene rings is 1. The van der Waals surface area contributed by atoms with Gasteiger partial charge in [-0.05, 0) is 17.2 Å². The van der Waals surface area contributed by atoms with Gasteiger partial charge in [0.05, 0.1) is 26.8 Å². The van der Waals surface area contributed by atoms with Crippen molar-refractivity contribution < 1.29 is 9.72 Å². The van der Waals surface area contributed by atoms with Crippen molar-refractivity contribution in [1.82, 2.24) is 9.78 Å². The van der Waals surface area contributed by atoms with Crippen LogP contribution in [0.25, 0.3) is 0 Å². The van der Waals surface area contributed by atoms with Crippen molar-refractivity contribution in [1.29, 1.82) is 0 Å². The first-order valence-electron chi connectivity index (χ1n) is 9.01. The van der Waals surface area contributed by atoms with E-state index >= 15 is 0 Å². The zero-order valence-corrected chi connectivity index (χ0v) is 16.2. The Morgan fingerprint density at radius 3 is 2.21 bits per heavy atom. The highest BCUT2D eigenvalue weighted by atomic mass is 32.1. The molecule has 0 unspecified atom stereocenters. The van der Waals surface area contributed by atoms with Crippen molar-refractivity contribution in [3.8, 4) is 0 Å². The number of rotatable bonds is 7. The Bertz CT molecular complexity index is 1100. The van der Waals surface area contributed by atoms with E-state index in [0.29, 0.717) is 4.88 Å². The van der Waals surface area contributed by atoms with E-state index in [1.165, 1.54) is 11.4 Å². The number of carbonyl (C=O) groups excluding carboxylic acids is 1. The Morgan fingerprint density at radius 1 is 1.03 bits per heavy atom. The fourth-order valence-electron chi connectivity index (χ4n) is 3.24. The molecule has 0 spiro atoms. The molecule has 0 fully saturated rings. The summed E-state index contributed by atoms with van der Waals surface area (Å²) < 4.78 is 1.59. The van der Waals surface area contributed by atoms with Crippen molar-refractivity contribution in [2.75, 3.05) is 0 Å². The number of Topliss-reactive ketones (excluding diaryl/α,β-unsaturated/α-hetero) is 1. The highest BCUT2D eigenvalue weighted by molar-refractivity contribution is 7.12. The Balaban J connectivity index is 1.60. The fourth-order valence-corrected chi connectivity index (χ4v) is 4.02. The molecule has 144 valence electrons. The second-order valence-corrected chi connectivity index (χ2v) is 7.45. The van der Waals surface area contributed by atoms with Crippen molar-refractivity contribution in [3.63, 3.8) is 0 Å². The average molecular weight is 403 g/mol. The summed E-state index contributed by atoms with van der Waals surface area (Å²) in [6, 6.07) is 23.4. The number of nitro groups is 1. The van der Waals surface area contributed by atoms with Crippen LogP contribution >= 0.6 is 11.3 Å². The molecule has 2 aromatic carbocycles. The van der Waals surface area contributed by atoms with Gasteiger partial charge >= 0.3 is 0 Å². The van der Waals surface area contributed by atoms with E-state index in [9.17, 15) is 14.9 Å². The number of carbonyl (C=O) groups is 1. The number of hydrogen-bond donors (Lipinski definition) is 0. The van der Waals surface area contributed by atoms with E-state index in [4.69, 9.17) is 0 Å². The van der Waals surface area contributed by atoms with Crippen LogP contribution in [0.2, 0.25) is 0 Å². The fraction of sp³-hybridized carbons (Fsp3) is 0.0909. The van der Waals surface area contributed by atoms with Gasteiger partial charge in [0, 0.05) is 12.3 Å². The van der Waals surface area contributed by atoms with Gasteiger partial charge in [-0.3, -0.25) is 19.6 Å². The maximum absolute atomic E-state index is 12.5. The summed E-state index contributed by atoms with van der Waals surface area (Å²) in [7, 11) is 0. The molecule has 4 aromatic rings. The van der Waals surface area contributed by atoms with Crippen LogP contribution in [-0.4, -0.2) is 20.5 Å². The molecule has 0 N–H and O–H groups in total.